The second-order valence-electron chi connectivity index (χ2n) is 4.65. The Kier molecular flexibility index (Phi) is 3.49. The molecule has 0 aromatic heterocycles. The van der Waals surface area contributed by atoms with Crippen LogP contribution in [0.3, 0.4) is 0 Å². The van der Waals surface area contributed by atoms with E-state index in [1.165, 1.54) is 5.56 Å². The Labute approximate surface area is 122 Å². The lowest BCUT2D eigenvalue weighted by Crippen LogP contribution is -2.12. The number of nitriles is 1. The van der Waals surface area contributed by atoms with Crippen LogP contribution in [0, 0.1) is 11.3 Å². The van der Waals surface area contributed by atoms with Crippen LogP contribution in [0.25, 0.3) is 0 Å². The van der Waals surface area contributed by atoms with E-state index in [0.717, 1.165) is 30.8 Å². The Morgan fingerprint density at radius 2 is 1.95 bits per heavy atom. The number of fused-ring (bicyclic) bond motifs is 1. The van der Waals surface area contributed by atoms with Crippen LogP contribution in [0.15, 0.2) is 36.4 Å². The number of anilines is 1. The number of rotatable bonds is 2. The Morgan fingerprint density at radius 1 is 1.15 bits per heavy atom. The number of halogens is 1. The fourth-order valence-electron chi connectivity index (χ4n) is 2.38. The van der Waals surface area contributed by atoms with Crippen molar-refractivity contribution in [1.29, 1.82) is 5.26 Å². The Morgan fingerprint density at radius 3 is 2.80 bits per heavy atom. The molecule has 0 saturated heterocycles. The van der Waals surface area contributed by atoms with E-state index in [-0.39, 0.29) is 0 Å². The molecule has 100 valence electrons. The minimum Gasteiger partial charge on any atom is -0.454 e. The van der Waals surface area contributed by atoms with Crippen molar-refractivity contribution in [3.05, 3.63) is 52.5 Å². The number of ether oxygens (including phenoxy) is 1. The Balaban J connectivity index is 2.01. The van der Waals surface area contributed by atoms with Crippen molar-refractivity contribution in [2.75, 3.05) is 11.9 Å². The normalized spacial score (nSPS) is 13.0. The van der Waals surface area contributed by atoms with Gasteiger partial charge in [-0.3, -0.25) is 0 Å². The van der Waals surface area contributed by atoms with Crippen molar-refractivity contribution < 1.29 is 4.74 Å². The largest absolute Gasteiger partial charge is 0.454 e. The van der Waals surface area contributed by atoms with Gasteiger partial charge in [-0.2, -0.15) is 5.26 Å². The molecule has 2 aromatic carbocycles. The Hall–Kier alpha value is -2.18. The fraction of sp³-hybridized carbons (Fsp3) is 0.188. The quantitative estimate of drug-likeness (QED) is 0.891. The number of para-hydroxylation sites is 1. The first-order valence-corrected chi connectivity index (χ1v) is 6.89. The highest BCUT2D eigenvalue weighted by Gasteiger charge is 2.15. The van der Waals surface area contributed by atoms with Crippen LogP contribution in [-0.2, 0) is 6.42 Å². The van der Waals surface area contributed by atoms with E-state index in [1.807, 2.05) is 12.1 Å². The zero-order chi connectivity index (χ0) is 13.9. The van der Waals surface area contributed by atoms with Crippen LogP contribution in [0.2, 0.25) is 5.02 Å². The monoisotopic (exact) mass is 284 g/mol. The third kappa shape index (κ3) is 2.31. The summed E-state index contributed by atoms with van der Waals surface area (Å²) in [6.45, 7) is 0.939. The van der Waals surface area contributed by atoms with Gasteiger partial charge in [0.2, 0.25) is 0 Å². The molecule has 3 rings (SSSR count). The molecule has 0 aliphatic carbocycles. The maximum absolute atomic E-state index is 9.19. The van der Waals surface area contributed by atoms with Crippen molar-refractivity contribution in [3.8, 4) is 17.6 Å². The molecule has 0 atom stereocenters. The molecular weight excluding hydrogens is 272 g/mol. The highest BCUT2D eigenvalue weighted by atomic mass is 35.5. The standard InChI is InChI=1S/C16H13ClN2O/c17-13-6-2-7-14(12(13)10-18)20-15-8-1-4-11-5-3-9-19-16(11)15/h1-2,4,6-8,19H,3,5,9H2. The van der Waals surface area contributed by atoms with Gasteiger partial charge in [0.05, 0.1) is 10.7 Å². The molecule has 0 radical (unpaired) electrons. The molecule has 0 unspecified atom stereocenters. The van der Waals surface area contributed by atoms with Gasteiger partial charge in [-0.25, -0.2) is 0 Å². The lowest BCUT2D eigenvalue weighted by molar-refractivity contribution is 0.481. The smallest absolute Gasteiger partial charge is 0.150 e. The topological polar surface area (TPSA) is 45.0 Å². The summed E-state index contributed by atoms with van der Waals surface area (Å²) in [4.78, 5) is 0. The van der Waals surface area contributed by atoms with Crippen molar-refractivity contribution in [3.63, 3.8) is 0 Å². The number of nitrogens with zero attached hydrogens (tertiary/aromatic N) is 1. The summed E-state index contributed by atoms with van der Waals surface area (Å²) >= 11 is 6.02. The maximum Gasteiger partial charge on any atom is 0.150 e. The van der Waals surface area contributed by atoms with Crippen molar-refractivity contribution in [1.82, 2.24) is 0 Å². The summed E-state index contributed by atoms with van der Waals surface area (Å²) < 4.78 is 5.91. The summed E-state index contributed by atoms with van der Waals surface area (Å²) in [6, 6.07) is 13.3. The molecule has 0 bridgehead atoms. The van der Waals surface area contributed by atoms with E-state index in [2.05, 4.69) is 17.5 Å². The van der Waals surface area contributed by atoms with Crippen molar-refractivity contribution in [2.24, 2.45) is 0 Å². The molecule has 0 spiro atoms. The molecule has 0 saturated carbocycles. The third-order valence-electron chi connectivity index (χ3n) is 3.34. The molecule has 20 heavy (non-hydrogen) atoms. The number of benzene rings is 2. The Bertz CT molecular complexity index is 691. The van der Waals surface area contributed by atoms with Crippen LogP contribution in [0.5, 0.6) is 11.5 Å². The third-order valence-corrected chi connectivity index (χ3v) is 3.66. The molecule has 2 aromatic rings. The maximum atomic E-state index is 9.19. The lowest BCUT2D eigenvalue weighted by atomic mass is 10.0. The zero-order valence-electron chi connectivity index (χ0n) is 10.8. The van der Waals surface area contributed by atoms with Crippen LogP contribution < -0.4 is 10.1 Å². The molecular formula is C16H13ClN2O. The van der Waals surface area contributed by atoms with Gasteiger partial charge in [0.1, 0.15) is 17.4 Å². The summed E-state index contributed by atoms with van der Waals surface area (Å²) in [5, 5.41) is 13.0. The van der Waals surface area contributed by atoms with Crippen molar-refractivity contribution >= 4 is 17.3 Å². The molecule has 0 amide bonds. The first kappa shape index (κ1) is 12.8. The molecule has 3 nitrogen and oxygen atoms in total. The number of hydrogen-bond donors (Lipinski definition) is 1. The molecule has 4 heteroatoms. The van der Waals surface area contributed by atoms with Gasteiger partial charge in [0.25, 0.3) is 0 Å². The van der Waals surface area contributed by atoms with E-state index in [0.29, 0.717) is 16.3 Å². The van der Waals surface area contributed by atoms with E-state index < -0.39 is 0 Å². The minimum atomic E-state index is 0.363. The molecule has 1 N–H and O–H groups in total. The lowest BCUT2D eigenvalue weighted by Gasteiger charge is -2.21. The first-order valence-electron chi connectivity index (χ1n) is 6.52. The SMILES string of the molecule is N#Cc1c(Cl)cccc1Oc1cccc2c1NCCC2. The van der Waals surface area contributed by atoms with Gasteiger partial charge < -0.3 is 10.1 Å². The van der Waals surface area contributed by atoms with Crippen molar-refractivity contribution in [2.45, 2.75) is 12.8 Å². The zero-order valence-corrected chi connectivity index (χ0v) is 11.6. The van der Waals surface area contributed by atoms with E-state index in [4.69, 9.17) is 16.3 Å². The minimum absolute atomic E-state index is 0.363. The van der Waals surface area contributed by atoms with Gasteiger partial charge in [-0.1, -0.05) is 29.8 Å². The highest BCUT2D eigenvalue weighted by Crippen LogP contribution is 2.37. The highest BCUT2D eigenvalue weighted by molar-refractivity contribution is 6.31. The predicted octanol–water partition coefficient (Wildman–Crippen LogP) is 4.36. The molecule has 0 fully saturated rings. The number of nitrogens with one attached hydrogen (secondary N) is 1. The van der Waals surface area contributed by atoms with Crippen LogP contribution in [0.4, 0.5) is 5.69 Å². The summed E-state index contributed by atoms with van der Waals surface area (Å²) in [5.41, 5.74) is 2.62. The van der Waals surface area contributed by atoms with Crippen LogP contribution in [0.1, 0.15) is 17.5 Å². The van der Waals surface area contributed by atoms with E-state index in [1.54, 1.807) is 18.2 Å². The van der Waals surface area contributed by atoms with Gasteiger partial charge >= 0.3 is 0 Å². The van der Waals surface area contributed by atoms with Crippen LogP contribution >= 0.6 is 11.6 Å². The molecule has 1 heterocycles. The van der Waals surface area contributed by atoms with Gasteiger partial charge in [-0.15, -0.1) is 0 Å². The summed E-state index contributed by atoms with van der Waals surface area (Å²) in [7, 11) is 0. The van der Waals surface area contributed by atoms with Gasteiger partial charge in [-0.05, 0) is 36.6 Å². The number of hydrogen-bond acceptors (Lipinski definition) is 3. The molecule has 1 aliphatic heterocycles. The average Bonchev–Trinajstić information content (AvgIpc) is 2.48. The van der Waals surface area contributed by atoms with Gasteiger partial charge in [0.15, 0.2) is 5.75 Å². The summed E-state index contributed by atoms with van der Waals surface area (Å²) in [5.74, 6) is 1.22. The summed E-state index contributed by atoms with van der Waals surface area (Å²) in [6.07, 6.45) is 2.16. The molecule has 1 aliphatic rings. The van der Waals surface area contributed by atoms with E-state index >= 15 is 0 Å². The average molecular weight is 285 g/mol. The second-order valence-corrected chi connectivity index (χ2v) is 5.05. The number of aryl methyl sites for hydroxylation is 1. The predicted molar refractivity (Wildman–Crippen MR) is 79.5 cm³/mol. The first-order chi connectivity index (χ1) is 9.79. The second kappa shape index (κ2) is 5.44. The van der Waals surface area contributed by atoms with Gasteiger partial charge in [0, 0.05) is 6.54 Å². The fourth-order valence-corrected chi connectivity index (χ4v) is 2.59. The van der Waals surface area contributed by atoms with Crippen LogP contribution in [-0.4, -0.2) is 6.54 Å². The van der Waals surface area contributed by atoms with E-state index in [9.17, 15) is 5.26 Å².